The molecular formula is C38H51N7O10S. The first-order chi connectivity index (χ1) is 26.9. The number of Topliss-reactive ketones (excluding diaryl/α,β-unsaturated/α-hetero) is 1. The first kappa shape index (κ1) is 43.7. The number of hydrogen-bond acceptors (Lipinski definition) is 14. The van der Waals surface area contributed by atoms with E-state index in [0.717, 1.165) is 16.3 Å². The first-order valence-electron chi connectivity index (χ1n) is 18.5. The fourth-order valence-corrected chi connectivity index (χ4v) is 7.14. The van der Waals surface area contributed by atoms with Crippen molar-refractivity contribution in [2.75, 3.05) is 70.8 Å². The van der Waals surface area contributed by atoms with Crippen molar-refractivity contribution >= 4 is 45.1 Å². The number of aromatic nitrogens is 2. The molecule has 18 heteroatoms. The number of fused-ring (bicyclic) bond motifs is 13. The van der Waals surface area contributed by atoms with Crippen LogP contribution in [0.4, 0.5) is 11.5 Å². The minimum atomic E-state index is -4.24. The number of rotatable bonds is 13. The molecule has 0 aliphatic carbocycles. The van der Waals surface area contributed by atoms with E-state index in [0.29, 0.717) is 49.1 Å². The van der Waals surface area contributed by atoms with Gasteiger partial charge in [-0.3, -0.25) is 19.2 Å². The van der Waals surface area contributed by atoms with Crippen LogP contribution in [0.25, 0.3) is 11.3 Å². The molecule has 6 N–H and O–H groups in total. The Morgan fingerprint density at radius 3 is 2.48 bits per heavy atom. The van der Waals surface area contributed by atoms with Crippen molar-refractivity contribution in [3.05, 3.63) is 59.9 Å². The molecule has 0 saturated heterocycles. The summed E-state index contributed by atoms with van der Waals surface area (Å²) in [7, 11) is -2.97. The highest BCUT2D eigenvalue weighted by Gasteiger charge is 2.27. The summed E-state index contributed by atoms with van der Waals surface area (Å²) in [6, 6.07) is 10.5. The number of amides is 2. The SMILES string of the molecule is CCCc1cccc2c1OCCOCCOCCN(CC(=O)NCC(=O)CCCCC[C@@H](N)C(=O)OC)S(=O)(=O)c1ccc(cc1)-c1cnc(N)c(n1)C(=O)N2. The van der Waals surface area contributed by atoms with E-state index in [1.54, 1.807) is 6.07 Å². The van der Waals surface area contributed by atoms with Crippen LogP contribution >= 0.6 is 0 Å². The summed E-state index contributed by atoms with van der Waals surface area (Å²) >= 11 is 0. The molecule has 56 heavy (non-hydrogen) atoms. The van der Waals surface area contributed by atoms with Crippen LogP contribution in [-0.4, -0.2) is 112 Å². The molecule has 5 rings (SSSR count). The molecule has 0 saturated carbocycles. The Morgan fingerprint density at radius 1 is 1.02 bits per heavy atom. The van der Waals surface area contributed by atoms with Crippen LogP contribution in [0.3, 0.4) is 0 Å². The molecule has 2 aromatic carbocycles. The smallest absolute Gasteiger partial charge is 0.322 e. The Hall–Kier alpha value is -5.01. The van der Waals surface area contributed by atoms with Gasteiger partial charge in [-0.15, -0.1) is 0 Å². The third-order valence-corrected chi connectivity index (χ3v) is 10.6. The van der Waals surface area contributed by atoms with Gasteiger partial charge in [0.25, 0.3) is 5.91 Å². The highest BCUT2D eigenvalue weighted by Crippen LogP contribution is 2.31. The van der Waals surface area contributed by atoms with Crippen LogP contribution < -0.4 is 26.8 Å². The van der Waals surface area contributed by atoms with Crippen LogP contribution in [0.5, 0.6) is 5.75 Å². The van der Waals surface area contributed by atoms with E-state index in [2.05, 4.69) is 25.3 Å². The molecule has 17 nitrogen and oxygen atoms in total. The fourth-order valence-electron chi connectivity index (χ4n) is 5.76. The zero-order valence-corrected chi connectivity index (χ0v) is 32.6. The highest BCUT2D eigenvalue weighted by molar-refractivity contribution is 7.89. The molecule has 1 aromatic heterocycles. The van der Waals surface area contributed by atoms with Crippen LogP contribution in [-0.2, 0) is 45.0 Å². The standard InChI is InChI=1S/C38H51N7O10S/c1-3-8-27-9-7-12-31-35(27)55-22-21-54-20-19-53-18-17-45(25-33(47)41-23-28(46)10-5-4-6-11-30(39)38(49)52-2)56(50,51)29-15-13-26(14-16-29)32-24-42-36(40)34(43-32)37(48)44-31/h7,9,12-16,24,30H,3-6,8,10-11,17-23,25,39H2,1-2H3,(H2,40,42)(H,41,47)(H,44,48)/t30-/m1/s1. The average Bonchev–Trinajstić information content (AvgIpc) is 3.19. The quantitative estimate of drug-likeness (QED) is 0.110. The Morgan fingerprint density at radius 2 is 1.75 bits per heavy atom. The number of sulfonamides is 1. The molecule has 304 valence electrons. The second-order valence-corrected chi connectivity index (χ2v) is 14.9. The van der Waals surface area contributed by atoms with E-state index in [4.69, 9.17) is 25.7 Å². The molecule has 0 fully saturated rings. The van der Waals surface area contributed by atoms with Gasteiger partial charge in [-0.25, -0.2) is 18.4 Å². The van der Waals surface area contributed by atoms with Gasteiger partial charge in [0.15, 0.2) is 17.3 Å². The zero-order valence-electron chi connectivity index (χ0n) is 31.8. The molecule has 2 aliphatic rings. The van der Waals surface area contributed by atoms with Gasteiger partial charge in [-0.2, -0.15) is 4.31 Å². The molecule has 0 radical (unpaired) electrons. The van der Waals surface area contributed by atoms with Crippen molar-refractivity contribution in [1.29, 1.82) is 0 Å². The second-order valence-electron chi connectivity index (χ2n) is 13.0. The third kappa shape index (κ3) is 12.8. The number of ether oxygens (including phenoxy) is 4. The van der Waals surface area contributed by atoms with E-state index >= 15 is 0 Å². The van der Waals surface area contributed by atoms with E-state index < -0.39 is 40.4 Å². The molecule has 3 aromatic rings. The van der Waals surface area contributed by atoms with Gasteiger partial charge >= 0.3 is 5.97 Å². The summed E-state index contributed by atoms with van der Waals surface area (Å²) in [5.41, 5.74) is 13.7. The molecule has 3 heterocycles. The normalized spacial score (nSPS) is 15.9. The van der Waals surface area contributed by atoms with Gasteiger partial charge in [0.2, 0.25) is 15.9 Å². The number of carbonyl (C=O) groups is 4. The molecule has 2 amide bonds. The lowest BCUT2D eigenvalue weighted by Gasteiger charge is -2.22. The van der Waals surface area contributed by atoms with E-state index in [-0.39, 0.29) is 80.4 Å². The van der Waals surface area contributed by atoms with Gasteiger partial charge < -0.3 is 41.0 Å². The minimum Gasteiger partial charge on any atom is -0.489 e. The number of nitrogens with two attached hydrogens (primary N) is 2. The number of methoxy groups -OCH3 is 1. The lowest BCUT2D eigenvalue weighted by Crippen LogP contribution is -2.43. The lowest BCUT2D eigenvalue weighted by molar-refractivity contribution is -0.142. The number of unbranched alkanes of at least 4 members (excludes halogenated alkanes) is 2. The predicted molar refractivity (Wildman–Crippen MR) is 207 cm³/mol. The minimum absolute atomic E-state index is 0.0414. The molecule has 1 atom stereocenters. The van der Waals surface area contributed by atoms with Crippen molar-refractivity contribution in [2.24, 2.45) is 5.73 Å². The average molecular weight is 798 g/mol. The van der Waals surface area contributed by atoms with Crippen LogP contribution in [0, 0.1) is 0 Å². The zero-order chi connectivity index (χ0) is 40.5. The van der Waals surface area contributed by atoms with Crippen molar-refractivity contribution in [3.8, 4) is 17.0 Å². The van der Waals surface area contributed by atoms with Gasteiger partial charge in [0.05, 0.1) is 69.1 Å². The molecule has 0 unspecified atom stereocenters. The van der Waals surface area contributed by atoms with Crippen LogP contribution in [0.1, 0.15) is 61.5 Å². The van der Waals surface area contributed by atoms with Crippen molar-refractivity contribution in [3.63, 3.8) is 0 Å². The van der Waals surface area contributed by atoms with Crippen LogP contribution in [0.15, 0.2) is 53.6 Å². The third-order valence-electron chi connectivity index (χ3n) is 8.78. The summed E-state index contributed by atoms with van der Waals surface area (Å²) in [6.07, 6.45) is 5.40. The number of benzene rings is 2. The summed E-state index contributed by atoms with van der Waals surface area (Å²) in [5, 5.41) is 5.37. The summed E-state index contributed by atoms with van der Waals surface area (Å²) in [6.45, 7) is 1.71. The Balaban J connectivity index is 1.47. The molecule has 4 bridgehead atoms. The predicted octanol–water partition coefficient (Wildman–Crippen LogP) is 2.48. The fraction of sp³-hybridized carbons (Fsp3) is 0.474. The number of ketones is 1. The van der Waals surface area contributed by atoms with Gasteiger partial charge in [0.1, 0.15) is 18.4 Å². The maximum absolute atomic E-state index is 13.9. The first-order valence-corrected chi connectivity index (χ1v) is 19.9. The number of nitrogens with zero attached hydrogens (tertiary/aromatic N) is 3. The monoisotopic (exact) mass is 797 g/mol. The number of anilines is 2. The molecule has 0 spiro atoms. The number of nitrogen functional groups attached to an aromatic ring is 1. The van der Waals surface area contributed by atoms with E-state index in [1.165, 1.54) is 37.6 Å². The summed E-state index contributed by atoms with van der Waals surface area (Å²) in [5.74, 6) is -1.59. The maximum atomic E-state index is 13.9. The van der Waals surface area contributed by atoms with Gasteiger partial charge in [-0.05, 0) is 43.0 Å². The highest BCUT2D eigenvalue weighted by atomic mass is 32.2. The number of aryl methyl sites for hydroxylation is 1. The molecular weight excluding hydrogens is 747 g/mol. The summed E-state index contributed by atoms with van der Waals surface area (Å²) in [4.78, 5) is 58.9. The van der Waals surface area contributed by atoms with Crippen molar-refractivity contribution in [2.45, 2.75) is 62.8 Å². The largest absolute Gasteiger partial charge is 0.489 e. The van der Waals surface area contributed by atoms with Crippen molar-refractivity contribution in [1.82, 2.24) is 19.6 Å². The number of para-hydroxylation sites is 1. The Kier molecular flexibility index (Phi) is 17.1. The maximum Gasteiger partial charge on any atom is 0.322 e. The Labute approximate surface area is 326 Å². The van der Waals surface area contributed by atoms with Gasteiger partial charge in [0, 0.05) is 18.5 Å². The van der Waals surface area contributed by atoms with E-state index in [1.807, 2.05) is 19.1 Å². The van der Waals surface area contributed by atoms with E-state index in [9.17, 15) is 27.6 Å². The number of hydrogen-bond donors (Lipinski definition) is 4. The second kappa shape index (κ2) is 21.9. The number of carbonyl (C=O) groups excluding carboxylic acids is 4. The number of esters is 1. The number of nitrogens with one attached hydrogen (secondary N) is 2. The van der Waals surface area contributed by atoms with Crippen molar-refractivity contribution < 1.29 is 46.5 Å². The van der Waals surface area contributed by atoms with Gasteiger partial charge in [-0.1, -0.05) is 50.5 Å². The lowest BCUT2D eigenvalue weighted by atomic mass is 10.1. The van der Waals surface area contributed by atoms with Crippen LogP contribution in [0.2, 0.25) is 0 Å². The summed E-state index contributed by atoms with van der Waals surface area (Å²) < 4.78 is 50.7. The molecule has 2 aliphatic heterocycles. The topological polar surface area (TPSA) is 244 Å². The Bertz CT molecular complexity index is 1910.